The highest BCUT2D eigenvalue weighted by molar-refractivity contribution is 5.93. The highest BCUT2D eigenvalue weighted by Gasteiger charge is 2.29. The van der Waals surface area contributed by atoms with Gasteiger partial charge in [0.25, 0.3) is 0 Å². The number of para-hydroxylation sites is 1. The topological polar surface area (TPSA) is 134 Å². The van der Waals surface area contributed by atoms with Crippen LogP contribution < -0.4 is 14.5 Å². The van der Waals surface area contributed by atoms with Gasteiger partial charge in [0.15, 0.2) is 11.5 Å². The predicted molar refractivity (Wildman–Crippen MR) is 185 cm³/mol. The van der Waals surface area contributed by atoms with Crippen molar-refractivity contribution in [2.75, 3.05) is 42.6 Å². The minimum atomic E-state index is -0.782. The fraction of sp³-hybridized carbons (Fsp3) is 0.389. The third kappa shape index (κ3) is 8.23. The zero-order chi connectivity index (χ0) is 34.8. The summed E-state index contributed by atoms with van der Waals surface area (Å²) in [6.45, 7) is 13.0. The first-order valence-electron chi connectivity index (χ1n) is 16.2. The van der Waals surface area contributed by atoms with Crippen LogP contribution in [0, 0.1) is 0 Å². The molecule has 4 aromatic heterocycles. The summed E-state index contributed by atoms with van der Waals surface area (Å²) >= 11 is 0. The van der Waals surface area contributed by atoms with E-state index in [0.29, 0.717) is 43.5 Å². The summed E-state index contributed by atoms with van der Waals surface area (Å²) in [6, 6.07) is 15.2. The average Bonchev–Trinajstić information content (AvgIpc) is 3.49. The van der Waals surface area contributed by atoms with Crippen molar-refractivity contribution in [3.8, 4) is 17.1 Å². The van der Waals surface area contributed by atoms with Crippen molar-refractivity contribution in [2.45, 2.75) is 59.4 Å². The molecule has 0 radical (unpaired) electrons. The molecule has 13 heteroatoms. The third-order valence-electron chi connectivity index (χ3n) is 7.42. The molecule has 0 unspecified atom stereocenters. The lowest BCUT2D eigenvalue weighted by Crippen LogP contribution is -2.42. The van der Waals surface area contributed by atoms with Crippen molar-refractivity contribution in [3.05, 3.63) is 72.8 Å². The van der Waals surface area contributed by atoms with Gasteiger partial charge in [0, 0.05) is 42.5 Å². The summed E-state index contributed by atoms with van der Waals surface area (Å²) in [5, 5.41) is 1.03. The normalized spacial score (nSPS) is 13.8. The molecule has 6 rings (SSSR count). The monoisotopic (exact) mass is 667 g/mol. The minimum Gasteiger partial charge on any atom is -0.471 e. The Labute approximate surface area is 284 Å². The second-order valence-corrected chi connectivity index (χ2v) is 13.7. The highest BCUT2D eigenvalue weighted by atomic mass is 16.6. The first-order chi connectivity index (χ1) is 23.3. The Hall–Kier alpha value is -5.30. The SMILES string of the molecule is CC(C)(C)OC(=O)CN(C(=O)OC(C)(C)C)c1ccc(-c2cnc(N3CCOCC3)c3nc(COc4ccc5ccccc5n4)cn23)cn1. The fourth-order valence-corrected chi connectivity index (χ4v) is 5.33. The number of hydrogen-bond donors (Lipinski definition) is 0. The van der Waals surface area contributed by atoms with Gasteiger partial charge in [0.2, 0.25) is 5.88 Å². The Morgan fingerprint density at radius 1 is 0.878 bits per heavy atom. The van der Waals surface area contributed by atoms with Gasteiger partial charge in [-0.15, -0.1) is 0 Å². The van der Waals surface area contributed by atoms with E-state index in [1.54, 1.807) is 60.0 Å². The number of amides is 1. The van der Waals surface area contributed by atoms with E-state index >= 15 is 0 Å². The summed E-state index contributed by atoms with van der Waals surface area (Å²) in [5.41, 5.74) is 2.15. The number of morpholine rings is 1. The van der Waals surface area contributed by atoms with Crippen LogP contribution in [0.5, 0.6) is 5.88 Å². The maximum absolute atomic E-state index is 13.2. The molecule has 0 saturated carbocycles. The Kier molecular flexibility index (Phi) is 9.37. The molecule has 1 aliphatic heterocycles. The van der Waals surface area contributed by atoms with Crippen LogP contribution in [0.4, 0.5) is 16.4 Å². The number of carbonyl (C=O) groups excluding carboxylic acids is 2. The van der Waals surface area contributed by atoms with Gasteiger partial charge in [-0.25, -0.2) is 24.7 Å². The second kappa shape index (κ2) is 13.7. The van der Waals surface area contributed by atoms with Crippen LogP contribution in [0.15, 0.2) is 67.1 Å². The van der Waals surface area contributed by atoms with E-state index in [1.165, 1.54) is 4.90 Å². The van der Waals surface area contributed by atoms with Crippen LogP contribution in [0.1, 0.15) is 47.2 Å². The van der Waals surface area contributed by atoms with Crippen LogP contribution >= 0.6 is 0 Å². The Morgan fingerprint density at radius 2 is 1.63 bits per heavy atom. The number of imidazole rings is 1. The molecule has 0 atom stereocenters. The average molecular weight is 668 g/mol. The highest BCUT2D eigenvalue weighted by Crippen LogP contribution is 2.29. The van der Waals surface area contributed by atoms with Crippen LogP contribution in [-0.4, -0.2) is 80.4 Å². The molecular formula is C36H41N7O6. The fourth-order valence-electron chi connectivity index (χ4n) is 5.33. The first kappa shape index (κ1) is 33.6. The van der Waals surface area contributed by atoms with Crippen LogP contribution in [0.3, 0.4) is 0 Å². The molecule has 0 aliphatic carbocycles. The van der Waals surface area contributed by atoms with Crippen LogP contribution in [-0.2, 0) is 25.6 Å². The zero-order valence-corrected chi connectivity index (χ0v) is 28.7. The number of hydrogen-bond acceptors (Lipinski definition) is 11. The molecule has 1 aromatic carbocycles. The van der Waals surface area contributed by atoms with Crippen molar-refractivity contribution in [2.24, 2.45) is 0 Å². The first-order valence-corrected chi connectivity index (χ1v) is 16.2. The summed E-state index contributed by atoms with van der Waals surface area (Å²) in [5.74, 6) is 0.893. The predicted octanol–water partition coefficient (Wildman–Crippen LogP) is 5.84. The van der Waals surface area contributed by atoms with Gasteiger partial charge < -0.3 is 23.8 Å². The number of benzene rings is 1. The second-order valence-electron chi connectivity index (χ2n) is 13.7. The molecule has 49 heavy (non-hydrogen) atoms. The molecule has 5 heterocycles. The molecule has 1 aliphatic rings. The summed E-state index contributed by atoms with van der Waals surface area (Å²) in [4.78, 5) is 48.3. The summed E-state index contributed by atoms with van der Waals surface area (Å²) in [6.07, 6.45) is 4.61. The van der Waals surface area contributed by atoms with Gasteiger partial charge in [0.05, 0.1) is 36.3 Å². The maximum Gasteiger partial charge on any atom is 0.416 e. The van der Waals surface area contributed by atoms with Crippen LogP contribution in [0.2, 0.25) is 0 Å². The number of pyridine rings is 2. The van der Waals surface area contributed by atoms with Gasteiger partial charge in [-0.3, -0.25) is 14.1 Å². The molecule has 13 nitrogen and oxygen atoms in total. The third-order valence-corrected chi connectivity index (χ3v) is 7.42. The smallest absolute Gasteiger partial charge is 0.416 e. The molecule has 1 amide bonds. The number of nitrogens with zero attached hydrogens (tertiary/aromatic N) is 7. The largest absolute Gasteiger partial charge is 0.471 e. The minimum absolute atomic E-state index is 0.196. The Bertz CT molecular complexity index is 1960. The lowest BCUT2D eigenvalue weighted by Gasteiger charge is -2.28. The van der Waals surface area contributed by atoms with Crippen LogP contribution in [0.25, 0.3) is 27.8 Å². The van der Waals surface area contributed by atoms with Crippen molar-refractivity contribution >= 4 is 40.2 Å². The van der Waals surface area contributed by atoms with Crippen molar-refractivity contribution in [1.29, 1.82) is 0 Å². The van der Waals surface area contributed by atoms with Gasteiger partial charge in [-0.2, -0.15) is 0 Å². The van der Waals surface area contributed by atoms with E-state index < -0.39 is 23.3 Å². The summed E-state index contributed by atoms with van der Waals surface area (Å²) < 4.78 is 24.7. The Balaban J connectivity index is 1.31. The van der Waals surface area contributed by atoms with E-state index in [-0.39, 0.29) is 19.0 Å². The van der Waals surface area contributed by atoms with Crippen molar-refractivity contribution in [1.82, 2.24) is 24.3 Å². The maximum atomic E-state index is 13.2. The van der Waals surface area contributed by atoms with E-state index in [1.807, 2.05) is 53.1 Å². The molecule has 256 valence electrons. The van der Waals surface area contributed by atoms with E-state index in [2.05, 4.69) is 14.9 Å². The lowest BCUT2D eigenvalue weighted by atomic mass is 10.2. The standard InChI is InChI=1S/C36H41N7O6/c1-35(2,3)48-31(44)22-43(34(45)49-36(4,5)6)29-13-11-25(19-37-29)28-20-38-32(41-15-17-46-18-16-41)33-39-26(21-42(28)33)23-47-30-14-12-24-9-7-8-10-27(24)40-30/h7-14,19-21H,15-18,22-23H2,1-6H3. The van der Waals surface area contributed by atoms with Gasteiger partial charge in [0.1, 0.15) is 30.2 Å². The number of esters is 1. The molecule has 0 spiro atoms. The number of rotatable bonds is 8. The lowest BCUT2D eigenvalue weighted by molar-refractivity contribution is -0.153. The molecule has 5 aromatic rings. The molecule has 1 saturated heterocycles. The van der Waals surface area contributed by atoms with E-state index in [4.69, 9.17) is 28.9 Å². The summed E-state index contributed by atoms with van der Waals surface area (Å²) in [7, 11) is 0. The molecule has 0 bridgehead atoms. The molecule has 1 fully saturated rings. The number of aromatic nitrogens is 5. The molecule has 0 N–H and O–H groups in total. The van der Waals surface area contributed by atoms with Crippen molar-refractivity contribution < 1.29 is 28.5 Å². The van der Waals surface area contributed by atoms with Gasteiger partial charge in [-0.05, 0) is 65.8 Å². The quantitative estimate of drug-likeness (QED) is 0.185. The van der Waals surface area contributed by atoms with Crippen molar-refractivity contribution in [3.63, 3.8) is 0 Å². The number of fused-ring (bicyclic) bond motifs is 2. The van der Waals surface area contributed by atoms with Gasteiger partial charge in [-0.1, -0.05) is 18.2 Å². The van der Waals surface area contributed by atoms with E-state index in [9.17, 15) is 9.59 Å². The molecular weight excluding hydrogens is 626 g/mol. The number of anilines is 2. The number of carbonyl (C=O) groups is 2. The van der Waals surface area contributed by atoms with E-state index in [0.717, 1.165) is 28.0 Å². The number of ether oxygens (including phenoxy) is 4. The zero-order valence-electron chi connectivity index (χ0n) is 28.7. The Morgan fingerprint density at radius 3 is 2.35 bits per heavy atom. The van der Waals surface area contributed by atoms with Gasteiger partial charge >= 0.3 is 12.1 Å².